The Morgan fingerprint density at radius 3 is 2.57 bits per heavy atom. The molecule has 0 amide bonds. The normalized spacial score (nSPS) is 14.9. The summed E-state index contributed by atoms with van der Waals surface area (Å²) in [5.41, 5.74) is 1.48. The van der Waals surface area contributed by atoms with Gasteiger partial charge in [0.15, 0.2) is 22.9 Å². The number of methoxy groups -OCH3 is 3. The molecule has 4 rings (SSSR count). The molecule has 0 bridgehead atoms. The highest BCUT2D eigenvalue weighted by atomic mass is 35.5. The average molecular weight is 540 g/mol. The summed E-state index contributed by atoms with van der Waals surface area (Å²) in [6, 6.07) is 11.2. The Morgan fingerprint density at radius 1 is 1.16 bits per heavy atom. The first-order valence-electron chi connectivity index (χ1n) is 10.9. The maximum absolute atomic E-state index is 13.8. The van der Waals surface area contributed by atoms with E-state index < -0.39 is 12.0 Å². The number of halogens is 1. The number of hydrogen-bond acceptors (Lipinski definition) is 9. The van der Waals surface area contributed by atoms with E-state index in [-0.39, 0.29) is 17.7 Å². The van der Waals surface area contributed by atoms with Gasteiger partial charge in [0, 0.05) is 10.6 Å². The number of ether oxygens (including phenoxy) is 4. The molecule has 0 radical (unpaired) electrons. The zero-order valence-electron chi connectivity index (χ0n) is 20.4. The molecule has 0 saturated carbocycles. The van der Waals surface area contributed by atoms with Crippen LogP contribution in [-0.2, 0) is 9.53 Å². The zero-order chi connectivity index (χ0) is 26.7. The van der Waals surface area contributed by atoms with Crippen molar-refractivity contribution in [1.82, 2.24) is 4.57 Å². The van der Waals surface area contributed by atoms with Crippen molar-refractivity contribution >= 4 is 35.0 Å². The van der Waals surface area contributed by atoms with Crippen LogP contribution in [0.4, 0.5) is 0 Å². The standard InChI is InChI=1S/C26H22ClN3O6S/c1-14-22(25(32)35-4)23(17-13-16(27)6-8-18(17)33-2)30-24(31)21(37-26(30)29-14)12-15-5-7-19(36-10-9-28)20(11-15)34-3/h5-8,11-13,23H,10H2,1-4H3/b21-12-/t23-/m1/s1. The summed E-state index contributed by atoms with van der Waals surface area (Å²) in [5.74, 6) is 0.675. The lowest BCUT2D eigenvalue weighted by Gasteiger charge is -2.25. The first kappa shape index (κ1) is 26.0. The highest BCUT2D eigenvalue weighted by molar-refractivity contribution is 7.07. The molecule has 1 aliphatic heterocycles. The monoisotopic (exact) mass is 539 g/mol. The van der Waals surface area contributed by atoms with Gasteiger partial charge in [-0.25, -0.2) is 9.79 Å². The van der Waals surface area contributed by atoms with Crippen LogP contribution in [0.15, 0.2) is 57.5 Å². The van der Waals surface area contributed by atoms with Crippen molar-refractivity contribution in [3.05, 3.63) is 83.5 Å². The Morgan fingerprint density at radius 2 is 1.89 bits per heavy atom. The smallest absolute Gasteiger partial charge is 0.338 e. The summed E-state index contributed by atoms with van der Waals surface area (Å²) in [6.07, 6.45) is 1.70. The molecule has 1 atom stereocenters. The van der Waals surface area contributed by atoms with Crippen molar-refractivity contribution < 1.29 is 23.7 Å². The number of thiazole rings is 1. The molecular weight excluding hydrogens is 518 g/mol. The topological polar surface area (TPSA) is 112 Å². The van der Waals surface area contributed by atoms with Crippen LogP contribution >= 0.6 is 22.9 Å². The van der Waals surface area contributed by atoms with E-state index in [2.05, 4.69) is 4.99 Å². The quantitative estimate of drug-likeness (QED) is 0.424. The summed E-state index contributed by atoms with van der Waals surface area (Å²) in [6.45, 7) is 1.57. The van der Waals surface area contributed by atoms with Crippen molar-refractivity contribution in [2.45, 2.75) is 13.0 Å². The van der Waals surface area contributed by atoms with E-state index in [0.29, 0.717) is 48.4 Å². The summed E-state index contributed by atoms with van der Waals surface area (Å²) >= 11 is 7.48. The predicted molar refractivity (Wildman–Crippen MR) is 138 cm³/mol. The second-order valence-electron chi connectivity index (χ2n) is 7.82. The van der Waals surface area contributed by atoms with Gasteiger partial charge in [0.1, 0.15) is 17.9 Å². The molecule has 190 valence electrons. The fraction of sp³-hybridized carbons (Fsp3) is 0.231. The van der Waals surface area contributed by atoms with Crippen molar-refractivity contribution in [2.24, 2.45) is 4.99 Å². The van der Waals surface area contributed by atoms with Gasteiger partial charge in [0.25, 0.3) is 5.56 Å². The number of carbonyl (C=O) groups excluding carboxylic acids is 1. The molecule has 0 unspecified atom stereocenters. The lowest BCUT2D eigenvalue weighted by atomic mass is 9.95. The van der Waals surface area contributed by atoms with E-state index in [1.165, 1.54) is 37.2 Å². The molecule has 2 heterocycles. The summed E-state index contributed by atoms with van der Waals surface area (Å²) in [5, 5.41) is 9.20. The third kappa shape index (κ3) is 4.96. The molecule has 2 aromatic carbocycles. The van der Waals surface area contributed by atoms with E-state index >= 15 is 0 Å². The van der Waals surface area contributed by atoms with Crippen LogP contribution in [-0.4, -0.2) is 38.5 Å². The number of aromatic nitrogens is 1. The fourth-order valence-electron chi connectivity index (χ4n) is 4.06. The van der Waals surface area contributed by atoms with Crippen LogP contribution in [0.3, 0.4) is 0 Å². The lowest BCUT2D eigenvalue weighted by Crippen LogP contribution is -2.40. The Hall–Kier alpha value is -4.07. The van der Waals surface area contributed by atoms with Gasteiger partial charge in [-0.3, -0.25) is 9.36 Å². The van der Waals surface area contributed by atoms with E-state index in [4.69, 9.17) is 35.8 Å². The Bertz CT molecular complexity index is 1630. The molecule has 1 aliphatic rings. The molecule has 37 heavy (non-hydrogen) atoms. The molecule has 0 aliphatic carbocycles. The number of hydrogen-bond donors (Lipinski definition) is 0. The van der Waals surface area contributed by atoms with Gasteiger partial charge < -0.3 is 18.9 Å². The van der Waals surface area contributed by atoms with Crippen LogP contribution in [0.2, 0.25) is 5.02 Å². The van der Waals surface area contributed by atoms with Crippen LogP contribution in [0.1, 0.15) is 24.1 Å². The second-order valence-corrected chi connectivity index (χ2v) is 9.26. The van der Waals surface area contributed by atoms with Crippen molar-refractivity contribution in [3.8, 4) is 23.3 Å². The Balaban J connectivity index is 1.93. The SMILES string of the molecule is COC(=O)C1=C(C)N=c2s/c(=C\c3ccc(OCC#N)c(OC)c3)c(=O)n2[C@@H]1c1cc(Cl)ccc1OC. The number of carbonyl (C=O) groups is 1. The molecule has 1 aromatic heterocycles. The van der Waals surface area contributed by atoms with Gasteiger partial charge in [-0.05, 0) is 48.9 Å². The zero-order valence-corrected chi connectivity index (χ0v) is 22.0. The maximum atomic E-state index is 13.8. The minimum atomic E-state index is -0.865. The molecule has 3 aromatic rings. The predicted octanol–water partition coefficient (Wildman–Crippen LogP) is 2.98. The largest absolute Gasteiger partial charge is 0.496 e. The number of esters is 1. The van der Waals surface area contributed by atoms with Crippen molar-refractivity contribution in [3.63, 3.8) is 0 Å². The van der Waals surface area contributed by atoms with Gasteiger partial charge in [-0.15, -0.1) is 0 Å². The van der Waals surface area contributed by atoms with Gasteiger partial charge in [-0.1, -0.05) is 29.0 Å². The van der Waals surface area contributed by atoms with Crippen LogP contribution in [0.5, 0.6) is 17.2 Å². The minimum absolute atomic E-state index is 0.122. The van der Waals surface area contributed by atoms with Gasteiger partial charge in [-0.2, -0.15) is 5.26 Å². The maximum Gasteiger partial charge on any atom is 0.338 e. The van der Waals surface area contributed by atoms with Gasteiger partial charge in [0.05, 0.1) is 37.1 Å². The number of fused-ring (bicyclic) bond motifs is 1. The van der Waals surface area contributed by atoms with Crippen LogP contribution in [0.25, 0.3) is 6.08 Å². The summed E-state index contributed by atoms with van der Waals surface area (Å²) < 4.78 is 23.2. The van der Waals surface area contributed by atoms with Crippen LogP contribution in [0, 0.1) is 11.3 Å². The highest BCUT2D eigenvalue weighted by Gasteiger charge is 2.35. The minimum Gasteiger partial charge on any atom is -0.496 e. The first-order chi connectivity index (χ1) is 17.8. The lowest BCUT2D eigenvalue weighted by molar-refractivity contribution is -0.136. The Kier molecular flexibility index (Phi) is 7.66. The molecule has 0 N–H and O–H groups in total. The number of allylic oxidation sites excluding steroid dienone is 1. The fourth-order valence-corrected chi connectivity index (χ4v) is 5.29. The van der Waals surface area contributed by atoms with E-state index in [9.17, 15) is 9.59 Å². The van der Waals surface area contributed by atoms with Gasteiger partial charge >= 0.3 is 5.97 Å². The Labute approximate surface area is 221 Å². The summed E-state index contributed by atoms with van der Waals surface area (Å²) in [4.78, 5) is 31.6. The molecule has 9 nitrogen and oxygen atoms in total. The third-order valence-corrected chi connectivity index (χ3v) is 6.91. The third-order valence-electron chi connectivity index (χ3n) is 5.69. The number of nitrogens with zero attached hydrogens (tertiary/aromatic N) is 3. The molecule has 0 spiro atoms. The van der Waals surface area contributed by atoms with Gasteiger partial charge in [0.2, 0.25) is 0 Å². The number of nitriles is 1. The van der Waals surface area contributed by atoms with E-state index in [1.54, 1.807) is 49.4 Å². The van der Waals surface area contributed by atoms with Crippen LogP contribution < -0.4 is 29.1 Å². The molecular formula is C26H22ClN3O6S. The molecule has 0 fully saturated rings. The van der Waals surface area contributed by atoms with E-state index in [0.717, 1.165) is 0 Å². The van der Waals surface area contributed by atoms with E-state index in [1.807, 2.05) is 6.07 Å². The molecule has 11 heteroatoms. The summed E-state index contributed by atoms with van der Waals surface area (Å²) in [7, 11) is 4.27. The first-order valence-corrected chi connectivity index (χ1v) is 12.1. The molecule has 0 saturated heterocycles. The highest BCUT2D eigenvalue weighted by Crippen LogP contribution is 2.37. The average Bonchev–Trinajstić information content (AvgIpc) is 3.20. The number of benzene rings is 2. The number of rotatable bonds is 7. The second kappa shape index (κ2) is 10.9. The van der Waals surface area contributed by atoms with Crippen molar-refractivity contribution in [1.29, 1.82) is 5.26 Å². The van der Waals surface area contributed by atoms with Crippen molar-refractivity contribution in [2.75, 3.05) is 27.9 Å².